The van der Waals surface area contributed by atoms with Crippen molar-refractivity contribution in [3.8, 4) is 17.1 Å². The largest absolute Gasteiger partial charge is 0.484 e. The van der Waals surface area contributed by atoms with Crippen LogP contribution in [-0.4, -0.2) is 46.3 Å². The van der Waals surface area contributed by atoms with Gasteiger partial charge in [-0.2, -0.15) is 13.2 Å². The molecule has 0 aliphatic carbocycles. The van der Waals surface area contributed by atoms with Gasteiger partial charge in [0.15, 0.2) is 6.61 Å². The molecule has 4 rings (SSSR count). The molecule has 3 aromatic heterocycles. The molecule has 1 fully saturated rings. The van der Waals surface area contributed by atoms with Gasteiger partial charge in [0.1, 0.15) is 17.2 Å². The van der Waals surface area contributed by atoms with Crippen molar-refractivity contribution >= 4 is 11.5 Å². The molecule has 142 valence electrons. The Morgan fingerprint density at radius 1 is 1.30 bits per heavy atom. The molecule has 1 unspecified atom stereocenters. The van der Waals surface area contributed by atoms with Crippen LogP contribution in [0.25, 0.3) is 17.0 Å². The smallest absolute Gasteiger partial charge is 0.422 e. The Balaban J connectivity index is 1.56. The average Bonchev–Trinajstić information content (AvgIpc) is 3.28. The first-order valence-electron chi connectivity index (χ1n) is 8.59. The Labute approximate surface area is 153 Å². The number of hydrogen-bond acceptors (Lipinski definition) is 5. The van der Waals surface area contributed by atoms with E-state index in [0.29, 0.717) is 11.7 Å². The van der Waals surface area contributed by atoms with Gasteiger partial charge in [-0.3, -0.25) is 4.40 Å². The summed E-state index contributed by atoms with van der Waals surface area (Å²) in [5.74, 6) is 0.898. The lowest BCUT2D eigenvalue weighted by atomic mass is 10.2. The molecule has 1 aliphatic rings. The summed E-state index contributed by atoms with van der Waals surface area (Å²) in [6.45, 7) is 0.563. The predicted molar refractivity (Wildman–Crippen MR) is 94.9 cm³/mol. The number of fused-ring (bicyclic) bond motifs is 1. The zero-order chi connectivity index (χ0) is 18.9. The minimum Gasteiger partial charge on any atom is -0.484 e. The molecular formula is C18H18F3N5O. The number of halogens is 3. The standard InChI is InChI=1S/C18H18F3N5O/c19-18(20,21)11-27-13-5-7-26-15(10-23-17(26)8-13)14-2-1-3-16(25-14)24-12-4-6-22-9-12/h1-3,5,7-8,10,12,22H,4,6,9,11H2,(H,24,25). The molecule has 9 heteroatoms. The Kier molecular flexibility index (Phi) is 4.61. The Morgan fingerprint density at radius 2 is 2.19 bits per heavy atom. The van der Waals surface area contributed by atoms with Crippen LogP contribution in [0.4, 0.5) is 19.0 Å². The summed E-state index contributed by atoms with van der Waals surface area (Å²) >= 11 is 0. The third-order valence-electron chi connectivity index (χ3n) is 4.31. The lowest BCUT2D eigenvalue weighted by Crippen LogP contribution is -2.22. The molecule has 0 amide bonds. The van der Waals surface area contributed by atoms with Crippen LogP contribution in [0.3, 0.4) is 0 Å². The number of nitrogens with zero attached hydrogens (tertiary/aromatic N) is 3. The first-order chi connectivity index (χ1) is 13.0. The highest BCUT2D eigenvalue weighted by Gasteiger charge is 2.28. The van der Waals surface area contributed by atoms with Gasteiger partial charge in [0.05, 0.1) is 17.6 Å². The SMILES string of the molecule is FC(F)(F)COc1ccn2c(-c3cccc(NC4CCNC4)n3)cnc2c1. The van der Waals surface area contributed by atoms with Crippen molar-refractivity contribution in [2.75, 3.05) is 25.0 Å². The summed E-state index contributed by atoms with van der Waals surface area (Å²) < 4.78 is 43.4. The van der Waals surface area contributed by atoms with Crippen LogP contribution in [0.5, 0.6) is 5.75 Å². The molecule has 4 heterocycles. The summed E-state index contributed by atoms with van der Waals surface area (Å²) in [4.78, 5) is 8.90. The van der Waals surface area contributed by atoms with E-state index < -0.39 is 12.8 Å². The van der Waals surface area contributed by atoms with Gasteiger partial charge >= 0.3 is 6.18 Å². The Hall–Kier alpha value is -2.81. The van der Waals surface area contributed by atoms with E-state index >= 15 is 0 Å². The molecule has 0 radical (unpaired) electrons. The average molecular weight is 377 g/mol. The third-order valence-corrected chi connectivity index (χ3v) is 4.31. The van der Waals surface area contributed by atoms with Gasteiger partial charge in [-0.1, -0.05) is 6.07 Å². The summed E-state index contributed by atoms with van der Waals surface area (Å²) in [6.07, 6.45) is -0.0563. The maximum absolute atomic E-state index is 12.3. The molecule has 1 atom stereocenters. The van der Waals surface area contributed by atoms with E-state index in [1.807, 2.05) is 18.2 Å². The van der Waals surface area contributed by atoms with Gasteiger partial charge in [0, 0.05) is 24.8 Å². The molecule has 27 heavy (non-hydrogen) atoms. The number of hydrogen-bond donors (Lipinski definition) is 2. The van der Waals surface area contributed by atoms with Crippen molar-refractivity contribution in [1.29, 1.82) is 0 Å². The first-order valence-corrected chi connectivity index (χ1v) is 8.59. The summed E-state index contributed by atoms with van der Waals surface area (Å²) in [5.41, 5.74) is 1.97. The van der Waals surface area contributed by atoms with Crippen molar-refractivity contribution in [3.05, 3.63) is 42.7 Å². The summed E-state index contributed by atoms with van der Waals surface area (Å²) in [7, 11) is 0. The number of aromatic nitrogens is 3. The van der Waals surface area contributed by atoms with E-state index in [1.165, 1.54) is 12.1 Å². The van der Waals surface area contributed by atoms with Gasteiger partial charge in [-0.05, 0) is 31.2 Å². The molecule has 2 N–H and O–H groups in total. The second-order valence-corrected chi connectivity index (χ2v) is 6.38. The number of alkyl halides is 3. The van der Waals surface area contributed by atoms with E-state index in [1.54, 1.807) is 16.8 Å². The lowest BCUT2D eigenvalue weighted by molar-refractivity contribution is -0.153. The number of ether oxygens (including phenoxy) is 1. The van der Waals surface area contributed by atoms with Crippen LogP contribution < -0.4 is 15.4 Å². The maximum Gasteiger partial charge on any atom is 0.422 e. The van der Waals surface area contributed by atoms with Crippen molar-refractivity contribution in [2.45, 2.75) is 18.6 Å². The van der Waals surface area contributed by atoms with Crippen LogP contribution >= 0.6 is 0 Å². The molecule has 1 aliphatic heterocycles. The number of imidazole rings is 1. The van der Waals surface area contributed by atoms with Crippen molar-refractivity contribution < 1.29 is 17.9 Å². The summed E-state index contributed by atoms with van der Waals surface area (Å²) in [6, 6.07) is 9.00. The predicted octanol–water partition coefficient (Wildman–Crippen LogP) is 3.11. The minimum atomic E-state index is -4.38. The van der Waals surface area contributed by atoms with Crippen LogP contribution in [0.2, 0.25) is 0 Å². The fourth-order valence-corrected chi connectivity index (χ4v) is 3.05. The van der Waals surface area contributed by atoms with Gasteiger partial charge in [0.25, 0.3) is 0 Å². The molecular weight excluding hydrogens is 359 g/mol. The highest BCUT2D eigenvalue weighted by molar-refractivity contribution is 5.62. The Morgan fingerprint density at radius 3 is 2.96 bits per heavy atom. The zero-order valence-corrected chi connectivity index (χ0v) is 14.3. The minimum absolute atomic E-state index is 0.120. The van der Waals surface area contributed by atoms with Crippen LogP contribution in [0.15, 0.2) is 42.7 Å². The van der Waals surface area contributed by atoms with E-state index in [2.05, 4.69) is 20.6 Å². The molecule has 0 spiro atoms. The zero-order valence-electron chi connectivity index (χ0n) is 14.3. The van der Waals surface area contributed by atoms with Crippen LogP contribution in [0.1, 0.15) is 6.42 Å². The second-order valence-electron chi connectivity index (χ2n) is 6.38. The van der Waals surface area contributed by atoms with Gasteiger partial charge in [-0.15, -0.1) is 0 Å². The first kappa shape index (κ1) is 17.6. The monoisotopic (exact) mass is 377 g/mol. The number of nitrogens with one attached hydrogen (secondary N) is 2. The molecule has 3 aromatic rings. The third kappa shape index (κ3) is 4.13. The normalized spacial score (nSPS) is 17.4. The number of rotatable bonds is 5. The fourth-order valence-electron chi connectivity index (χ4n) is 3.05. The molecule has 1 saturated heterocycles. The van der Waals surface area contributed by atoms with Crippen molar-refractivity contribution in [1.82, 2.24) is 19.7 Å². The molecule has 0 bridgehead atoms. The fraction of sp³-hybridized carbons (Fsp3) is 0.333. The molecule has 0 aromatic carbocycles. The van der Waals surface area contributed by atoms with Gasteiger partial charge in [-0.25, -0.2) is 9.97 Å². The second kappa shape index (κ2) is 7.07. The van der Waals surface area contributed by atoms with Crippen LogP contribution in [-0.2, 0) is 0 Å². The van der Waals surface area contributed by atoms with Crippen LogP contribution in [0, 0.1) is 0 Å². The molecule has 0 saturated carbocycles. The van der Waals surface area contributed by atoms with E-state index in [4.69, 9.17) is 4.74 Å². The van der Waals surface area contributed by atoms with E-state index in [-0.39, 0.29) is 5.75 Å². The summed E-state index contributed by atoms with van der Waals surface area (Å²) in [5, 5.41) is 6.70. The topological polar surface area (TPSA) is 63.5 Å². The maximum atomic E-state index is 12.3. The highest BCUT2D eigenvalue weighted by Crippen LogP contribution is 2.24. The lowest BCUT2D eigenvalue weighted by Gasteiger charge is -2.13. The number of anilines is 1. The number of pyridine rings is 2. The van der Waals surface area contributed by atoms with Gasteiger partial charge in [0.2, 0.25) is 0 Å². The Bertz CT molecular complexity index is 934. The quantitative estimate of drug-likeness (QED) is 0.715. The van der Waals surface area contributed by atoms with E-state index in [9.17, 15) is 13.2 Å². The van der Waals surface area contributed by atoms with E-state index in [0.717, 1.165) is 36.7 Å². The highest BCUT2D eigenvalue weighted by atomic mass is 19.4. The van der Waals surface area contributed by atoms with Gasteiger partial charge < -0.3 is 15.4 Å². The van der Waals surface area contributed by atoms with Crippen molar-refractivity contribution in [2.24, 2.45) is 0 Å². The van der Waals surface area contributed by atoms with Crippen molar-refractivity contribution in [3.63, 3.8) is 0 Å². The molecule has 6 nitrogen and oxygen atoms in total.